The summed E-state index contributed by atoms with van der Waals surface area (Å²) in [4.78, 5) is 20.7. The van der Waals surface area contributed by atoms with Gasteiger partial charge in [0.05, 0.1) is 0 Å². The molecule has 2 heterocycles. The van der Waals surface area contributed by atoms with Crippen molar-refractivity contribution in [2.24, 2.45) is 0 Å². The van der Waals surface area contributed by atoms with Crippen LogP contribution in [0, 0.1) is 0 Å². The molecule has 1 N–H and O–H groups in total. The first-order valence-electron chi connectivity index (χ1n) is 7.45. The number of nitrogens with one attached hydrogen (secondary N) is 1. The molecule has 24 heavy (non-hydrogen) atoms. The number of ether oxygens (including phenoxy) is 1. The molecule has 1 aromatic carbocycles. The van der Waals surface area contributed by atoms with Gasteiger partial charge in [-0.2, -0.15) is 9.67 Å². The van der Waals surface area contributed by atoms with Crippen LogP contribution in [-0.4, -0.2) is 39.4 Å². The van der Waals surface area contributed by atoms with Crippen LogP contribution < -0.4 is 5.32 Å². The van der Waals surface area contributed by atoms with Gasteiger partial charge in [-0.1, -0.05) is 30.3 Å². The minimum Gasteiger partial charge on any atom is -0.375 e. The smallest absolute Gasteiger partial charge is 0.276 e. The Kier molecular flexibility index (Phi) is 4.93. The molecule has 0 aliphatic rings. The Morgan fingerprint density at radius 3 is 2.75 bits per heavy atom. The molecule has 7 nitrogen and oxygen atoms in total. The van der Waals surface area contributed by atoms with E-state index < -0.39 is 0 Å². The highest BCUT2D eigenvalue weighted by Gasteiger charge is 2.17. The van der Waals surface area contributed by atoms with Gasteiger partial charge in [0, 0.05) is 31.6 Å². The molecule has 0 aliphatic heterocycles. The lowest BCUT2D eigenvalue weighted by Gasteiger charge is -2.06. The molecule has 3 aromatic rings. The second-order valence-electron chi connectivity index (χ2n) is 5.08. The van der Waals surface area contributed by atoms with E-state index in [9.17, 15) is 4.79 Å². The Hall–Kier alpha value is -3.06. The average Bonchev–Trinajstić information content (AvgIpc) is 3.06. The van der Waals surface area contributed by atoms with E-state index in [2.05, 4.69) is 20.4 Å². The lowest BCUT2D eigenvalue weighted by Crippen LogP contribution is -2.20. The zero-order chi connectivity index (χ0) is 16.8. The lowest BCUT2D eigenvalue weighted by molar-refractivity contribution is 0.0748. The Balaban J connectivity index is 1.87. The Morgan fingerprint density at radius 1 is 1.21 bits per heavy atom. The van der Waals surface area contributed by atoms with Crippen LogP contribution in [0.5, 0.6) is 0 Å². The van der Waals surface area contributed by atoms with Crippen LogP contribution in [0.3, 0.4) is 0 Å². The topological polar surface area (TPSA) is 81.9 Å². The van der Waals surface area contributed by atoms with E-state index in [0.717, 1.165) is 11.1 Å². The van der Waals surface area contributed by atoms with Gasteiger partial charge in [-0.05, 0) is 17.7 Å². The Labute approximate surface area is 139 Å². The first-order chi connectivity index (χ1) is 11.8. The normalized spacial score (nSPS) is 10.5. The third kappa shape index (κ3) is 3.64. The van der Waals surface area contributed by atoms with Crippen LogP contribution >= 0.6 is 0 Å². The van der Waals surface area contributed by atoms with Crippen molar-refractivity contribution in [3.63, 3.8) is 0 Å². The zero-order valence-corrected chi connectivity index (χ0v) is 13.2. The molecule has 0 radical (unpaired) electrons. The molecule has 0 aliphatic carbocycles. The van der Waals surface area contributed by atoms with Gasteiger partial charge in [0.1, 0.15) is 6.61 Å². The third-order valence-electron chi connectivity index (χ3n) is 3.32. The van der Waals surface area contributed by atoms with Gasteiger partial charge in [0.25, 0.3) is 5.91 Å². The average molecular weight is 323 g/mol. The predicted molar refractivity (Wildman–Crippen MR) is 89.5 cm³/mol. The molecule has 7 heteroatoms. The number of hydrogen-bond acceptors (Lipinski definition) is 6. The van der Waals surface area contributed by atoms with E-state index in [4.69, 9.17) is 4.74 Å². The van der Waals surface area contributed by atoms with Crippen LogP contribution in [0.15, 0.2) is 54.9 Å². The highest BCUT2D eigenvalue weighted by molar-refractivity contribution is 5.82. The number of hydrogen-bond donors (Lipinski definition) is 1. The van der Waals surface area contributed by atoms with E-state index in [0.29, 0.717) is 18.3 Å². The molecule has 0 saturated heterocycles. The molecule has 0 amide bonds. The number of anilines is 1. The largest absolute Gasteiger partial charge is 0.375 e. The fourth-order valence-corrected chi connectivity index (χ4v) is 2.18. The monoisotopic (exact) mass is 323 g/mol. The maximum Gasteiger partial charge on any atom is 0.276 e. The number of nitrogens with zero attached hydrogens (tertiary/aromatic N) is 4. The lowest BCUT2D eigenvalue weighted by atomic mass is 10.2. The zero-order valence-electron chi connectivity index (χ0n) is 13.2. The molecule has 0 bridgehead atoms. The summed E-state index contributed by atoms with van der Waals surface area (Å²) in [6.45, 7) is 0.460. The van der Waals surface area contributed by atoms with E-state index in [1.165, 1.54) is 11.8 Å². The van der Waals surface area contributed by atoms with Crippen molar-refractivity contribution in [2.45, 2.75) is 6.54 Å². The summed E-state index contributed by atoms with van der Waals surface area (Å²) in [5.74, 6) is 0.513. The molecule has 0 fully saturated rings. The first kappa shape index (κ1) is 15.8. The summed E-state index contributed by atoms with van der Waals surface area (Å²) in [7, 11) is 1.47. The quantitative estimate of drug-likeness (QED) is 0.749. The van der Waals surface area contributed by atoms with Crippen molar-refractivity contribution in [3.05, 3.63) is 60.4 Å². The minimum atomic E-state index is -0.296. The van der Waals surface area contributed by atoms with Gasteiger partial charge in [0.15, 0.2) is 5.82 Å². The van der Waals surface area contributed by atoms with Crippen LogP contribution in [0.4, 0.5) is 5.95 Å². The molecule has 3 rings (SSSR count). The van der Waals surface area contributed by atoms with Gasteiger partial charge in [-0.3, -0.25) is 9.78 Å². The van der Waals surface area contributed by atoms with Gasteiger partial charge < -0.3 is 10.1 Å². The fraction of sp³-hybridized carbons (Fsp3) is 0.176. The molecule has 122 valence electrons. The number of carbonyl (C=O) groups is 1. The first-order valence-corrected chi connectivity index (χ1v) is 7.45. The number of rotatable bonds is 6. The molecule has 0 atom stereocenters. The second kappa shape index (κ2) is 7.47. The molecule has 0 saturated carbocycles. The molecule has 0 unspecified atom stereocenters. The highest BCUT2D eigenvalue weighted by Crippen LogP contribution is 2.17. The summed E-state index contributed by atoms with van der Waals surface area (Å²) >= 11 is 0. The van der Waals surface area contributed by atoms with Crippen LogP contribution in [0.2, 0.25) is 0 Å². The molecule has 2 aromatic heterocycles. The van der Waals surface area contributed by atoms with Crippen LogP contribution in [0.25, 0.3) is 11.4 Å². The van der Waals surface area contributed by atoms with Gasteiger partial charge in [-0.15, -0.1) is 5.10 Å². The predicted octanol–water partition coefficient (Wildman–Crippen LogP) is 2.24. The van der Waals surface area contributed by atoms with Crippen molar-refractivity contribution in [1.29, 1.82) is 0 Å². The maximum atomic E-state index is 12.2. The third-order valence-corrected chi connectivity index (χ3v) is 3.32. The standard InChI is InChI=1S/C17H17N5O2/c1-24-12-15(23)22-17(19-10-13-6-3-2-4-7-13)20-16(21-22)14-8-5-9-18-11-14/h2-9,11H,10,12H2,1H3,(H,19,20,21). The number of carbonyl (C=O) groups excluding carboxylic acids is 1. The fourth-order valence-electron chi connectivity index (χ4n) is 2.18. The Bertz CT molecular complexity index is 802. The summed E-state index contributed by atoms with van der Waals surface area (Å²) < 4.78 is 6.14. The number of methoxy groups -OCH3 is 1. The number of pyridine rings is 1. The van der Waals surface area contributed by atoms with Crippen molar-refractivity contribution >= 4 is 11.9 Å². The van der Waals surface area contributed by atoms with Gasteiger partial charge >= 0.3 is 0 Å². The van der Waals surface area contributed by atoms with Gasteiger partial charge in [0.2, 0.25) is 5.95 Å². The highest BCUT2D eigenvalue weighted by atomic mass is 16.5. The van der Waals surface area contributed by atoms with Gasteiger partial charge in [-0.25, -0.2) is 0 Å². The van der Waals surface area contributed by atoms with E-state index in [-0.39, 0.29) is 12.5 Å². The summed E-state index contributed by atoms with van der Waals surface area (Å²) in [5, 5.41) is 7.44. The number of aromatic nitrogens is 4. The van der Waals surface area contributed by atoms with Crippen molar-refractivity contribution < 1.29 is 9.53 Å². The molecular weight excluding hydrogens is 306 g/mol. The Morgan fingerprint density at radius 2 is 2.04 bits per heavy atom. The number of benzene rings is 1. The van der Waals surface area contributed by atoms with Crippen LogP contribution in [-0.2, 0) is 11.3 Å². The van der Waals surface area contributed by atoms with Crippen molar-refractivity contribution in [1.82, 2.24) is 19.7 Å². The van der Waals surface area contributed by atoms with E-state index in [1.54, 1.807) is 18.5 Å². The minimum absolute atomic E-state index is 0.0736. The molecule has 0 spiro atoms. The summed E-state index contributed by atoms with van der Waals surface area (Å²) in [6, 6.07) is 13.5. The summed E-state index contributed by atoms with van der Waals surface area (Å²) in [6.07, 6.45) is 3.33. The van der Waals surface area contributed by atoms with E-state index >= 15 is 0 Å². The maximum absolute atomic E-state index is 12.2. The van der Waals surface area contributed by atoms with Crippen LogP contribution in [0.1, 0.15) is 10.4 Å². The molecular formula is C17H17N5O2. The SMILES string of the molecule is COCC(=O)n1nc(-c2cccnc2)nc1NCc1ccccc1. The van der Waals surface area contributed by atoms with E-state index in [1.807, 2.05) is 36.4 Å². The second-order valence-corrected chi connectivity index (χ2v) is 5.08. The van der Waals surface area contributed by atoms with Crippen molar-refractivity contribution in [3.8, 4) is 11.4 Å². The summed E-state index contributed by atoms with van der Waals surface area (Å²) in [5.41, 5.74) is 1.82. The van der Waals surface area contributed by atoms with Crippen molar-refractivity contribution in [2.75, 3.05) is 19.0 Å².